The lowest BCUT2D eigenvalue weighted by Gasteiger charge is -2.17. The van der Waals surface area contributed by atoms with Crippen LogP contribution < -0.4 is 24.8 Å². The van der Waals surface area contributed by atoms with E-state index in [9.17, 15) is 28.8 Å². The monoisotopic (exact) mass is 1010 g/mol. The molecular weight excluding hydrogens is 965 g/mol. The van der Waals surface area contributed by atoms with Crippen LogP contribution in [0.15, 0.2) is 112 Å². The zero-order valence-electron chi connectivity index (χ0n) is 38.1. The van der Waals surface area contributed by atoms with Crippen molar-refractivity contribution in [1.29, 1.82) is 0 Å². The molecule has 2 aromatic heterocycles. The lowest BCUT2D eigenvalue weighted by Crippen LogP contribution is -2.16. The van der Waals surface area contributed by atoms with Gasteiger partial charge in [0.25, 0.3) is 5.91 Å². The number of carbonyl (C=O) groups excluding carboxylic acids is 4. The number of ketones is 2. The number of aliphatic carboxylic acids is 1. The second kappa shape index (κ2) is 25.9. The average Bonchev–Trinajstić information content (AvgIpc) is 3.96. The van der Waals surface area contributed by atoms with Crippen molar-refractivity contribution < 1.29 is 53.2 Å². The van der Waals surface area contributed by atoms with Gasteiger partial charge in [0.1, 0.15) is 27.3 Å². The first-order chi connectivity index (χ1) is 32.7. The van der Waals surface area contributed by atoms with E-state index in [1.807, 2.05) is 39.8 Å². The largest absolute Gasteiger partial charge is 0.497 e. The summed E-state index contributed by atoms with van der Waals surface area (Å²) in [4.78, 5) is 78.7. The fourth-order valence-electron chi connectivity index (χ4n) is 6.30. The molecule has 4 aromatic carbocycles. The minimum atomic E-state index is -1.07. The zero-order valence-corrected chi connectivity index (χ0v) is 42.2. The maximum atomic E-state index is 13.5. The molecule has 18 heteroatoms. The number of ether oxygens (including phenoxy) is 3. The van der Waals surface area contributed by atoms with Crippen molar-refractivity contribution >= 4 is 103 Å². The maximum absolute atomic E-state index is 13.5. The van der Waals surface area contributed by atoms with Crippen LogP contribution in [0.5, 0.6) is 17.2 Å². The van der Waals surface area contributed by atoms with Gasteiger partial charge in [-0.2, -0.15) is 0 Å². The second-order valence-electron chi connectivity index (χ2n) is 14.2. The molecule has 0 bridgehead atoms. The minimum absolute atomic E-state index is 0.0958. The Morgan fingerprint density at radius 1 is 0.588 bits per heavy atom. The van der Waals surface area contributed by atoms with E-state index < -0.39 is 18.5 Å². The molecule has 4 N–H and O–H groups in total. The van der Waals surface area contributed by atoms with Gasteiger partial charge in [0.2, 0.25) is 5.91 Å². The van der Waals surface area contributed by atoms with Crippen molar-refractivity contribution in [3.8, 4) is 17.2 Å². The number of methoxy groups -OCH3 is 2. The molecule has 6 rings (SSSR count). The molecule has 0 aliphatic rings. The first kappa shape index (κ1) is 52.9. The van der Waals surface area contributed by atoms with Crippen molar-refractivity contribution in [2.45, 2.75) is 55.2 Å². The van der Waals surface area contributed by atoms with Gasteiger partial charge in [0, 0.05) is 30.7 Å². The number of anilines is 2. The fraction of sp³-hybridized carbons (Fsp3) is 0.240. The van der Waals surface area contributed by atoms with E-state index in [2.05, 4.69) is 10.6 Å². The summed E-state index contributed by atoms with van der Waals surface area (Å²) in [6.07, 6.45) is 1.48. The highest BCUT2D eigenvalue weighted by atomic mass is 32.2. The standard InChI is InChI=1S/C27H29NO6S3.C23H21NO5S2/c1-5-18-14-20(23(31)16-8-10-17(33-4)11-9-16)27(37-18)28-26(32)19-12-13-21(34-15-22(29)30)25(36-7-3)24(19)35-6-2;1-3-17-12-19(21(26)14-7-9-16(29-2)10-8-14)22(31-17)24-20(25)13-30-18-6-4-5-15(11-18)23(27)28/h8-14H,5-7,15H2,1-4H3,(H,28,32)(H,29,30);4-12H,3,13H2,1-2H3,(H,24,25)(H,27,28). The molecule has 0 radical (unpaired) electrons. The van der Waals surface area contributed by atoms with Crippen LogP contribution in [0.1, 0.15) is 90.0 Å². The van der Waals surface area contributed by atoms with Gasteiger partial charge in [-0.25, -0.2) is 9.59 Å². The van der Waals surface area contributed by atoms with Crippen molar-refractivity contribution in [1.82, 2.24) is 0 Å². The number of nitrogens with one attached hydrogen (secondary N) is 2. The van der Waals surface area contributed by atoms with Crippen LogP contribution in [-0.2, 0) is 22.4 Å². The molecule has 6 aromatic rings. The minimum Gasteiger partial charge on any atom is -0.497 e. The fourth-order valence-corrected chi connectivity index (χ4v) is 11.0. The summed E-state index contributed by atoms with van der Waals surface area (Å²) >= 11 is 6.99. The number of hydrogen-bond acceptors (Lipinski definition) is 14. The number of thiophene rings is 2. The second-order valence-corrected chi connectivity index (χ2v) is 20.0. The summed E-state index contributed by atoms with van der Waals surface area (Å²) in [6, 6.07) is 27.0. The van der Waals surface area contributed by atoms with Crippen LogP contribution in [0, 0.1) is 0 Å². The Morgan fingerprint density at radius 2 is 1.12 bits per heavy atom. The molecule has 0 saturated carbocycles. The number of benzene rings is 4. The van der Waals surface area contributed by atoms with Crippen LogP contribution in [-0.4, -0.2) is 83.6 Å². The molecule has 68 heavy (non-hydrogen) atoms. The van der Waals surface area contributed by atoms with Gasteiger partial charge in [0.05, 0.1) is 47.1 Å². The number of hydrogen-bond donors (Lipinski definition) is 4. The van der Waals surface area contributed by atoms with Gasteiger partial charge in [-0.05, 0) is 115 Å². The first-order valence-corrected chi connectivity index (χ1v) is 25.8. The lowest BCUT2D eigenvalue weighted by atomic mass is 10.0. The van der Waals surface area contributed by atoms with Gasteiger partial charge >= 0.3 is 11.9 Å². The molecule has 2 amide bonds. The molecule has 0 aliphatic carbocycles. The molecule has 0 unspecified atom stereocenters. The van der Waals surface area contributed by atoms with E-state index in [-0.39, 0.29) is 34.7 Å². The van der Waals surface area contributed by atoms with Crippen molar-refractivity contribution in [3.63, 3.8) is 0 Å². The van der Waals surface area contributed by atoms with Crippen LogP contribution in [0.4, 0.5) is 10.0 Å². The third kappa shape index (κ3) is 14.2. The van der Waals surface area contributed by atoms with Gasteiger partial charge < -0.3 is 35.1 Å². The van der Waals surface area contributed by atoms with Crippen LogP contribution in [0.2, 0.25) is 0 Å². The Kier molecular flexibility index (Phi) is 20.2. The molecular formula is C50H50N2O11S5. The Morgan fingerprint density at radius 3 is 1.60 bits per heavy atom. The Bertz CT molecular complexity index is 2750. The van der Waals surface area contributed by atoms with E-state index in [4.69, 9.17) is 24.4 Å². The van der Waals surface area contributed by atoms with Gasteiger partial charge in [-0.15, -0.1) is 58.0 Å². The van der Waals surface area contributed by atoms with Crippen molar-refractivity contribution in [3.05, 3.63) is 140 Å². The highest BCUT2D eigenvalue weighted by Crippen LogP contribution is 2.42. The van der Waals surface area contributed by atoms with E-state index in [0.717, 1.165) is 38.1 Å². The quantitative estimate of drug-likeness (QED) is 0.0370. The third-order valence-corrected chi connectivity index (χ3v) is 15.1. The third-order valence-electron chi connectivity index (χ3n) is 9.64. The van der Waals surface area contributed by atoms with E-state index in [1.54, 1.807) is 87.0 Å². The predicted molar refractivity (Wildman–Crippen MR) is 273 cm³/mol. The number of rotatable bonds is 22. The zero-order chi connectivity index (χ0) is 49.3. The molecule has 0 saturated heterocycles. The van der Waals surface area contributed by atoms with Gasteiger partial charge in [-0.1, -0.05) is 33.8 Å². The average molecular weight is 1020 g/mol. The predicted octanol–water partition coefficient (Wildman–Crippen LogP) is 11.5. The molecule has 0 spiro atoms. The smallest absolute Gasteiger partial charge is 0.341 e. The van der Waals surface area contributed by atoms with Gasteiger partial charge in [-0.3, -0.25) is 19.2 Å². The van der Waals surface area contributed by atoms with Crippen LogP contribution in [0.3, 0.4) is 0 Å². The van der Waals surface area contributed by atoms with E-state index in [1.165, 1.54) is 70.1 Å². The number of aromatic carboxylic acids is 1. The summed E-state index contributed by atoms with van der Waals surface area (Å²) in [5, 5.41) is 25.0. The summed E-state index contributed by atoms with van der Waals surface area (Å²) in [7, 11) is 3.13. The summed E-state index contributed by atoms with van der Waals surface area (Å²) in [5.41, 5.74) is 2.52. The van der Waals surface area contributed by atoms with Crippen LogP contribution >= 0.6 is 58.0 Å². The summed E-state index contributed by atoms with van der Waals surface area (Å²) in [6.45, 7) is 7.48. The summed E-state index contributed by atoms with van der Waals surface area (Å²) < 4.78 is 15.8. The first-order valence-electron chi connectivity index (χ1n) is 21.2. The number of amides is 2. The maximum Gasteiger partial charge on any atom is 0.341 e. The van der Waals surface area contributed by atoms with E-state index in [0.29, 0.717) is 65.7 Å². The number of carboxylic acids is 2. The Hall–Kier alpha value is -6.05. The number of thioether (sulfide) groups is 3. The molecule has 0 atom stereocenters. The number of carboxylic acid groups (broad SMARTS) is 2. The molecule has 0 aliphatic heterocycles. The highest BCUT2D eigenvalue weighted by molar-refractivity contribution is 8.02. The normalized spacial score (nSPS) is 10.6. The molecule has 13 nitrogen and oxygen atoms in total. The highest BCUT2D eigenvalue weighted by Gasteiger charge is 2.25. The molecule has 2 heterocycles. The summed E-state index contributed by atoms with van der Waals surface area (Å²) in [5.74, 6) is 0.225. The van der Waals surface area contributed by atoms with Crippen LogP contribution in [0.25, 0.3) is 0 Å². The molecule has 0 fully saturated rings. The van der Waals surface area contributed by atoms with Crippen molar-refractivity contribution in [2.75, 3.05) is 48.7 Å². The lowest BCUT2D eigenvalue weighted by molar-refractivity contribution is -0.139. The Balaban J connectivity index is 0.000000258. The van der Waals surface area contributed by atoms with Gasteiger partial charge in [0.15, 0.2) is 18.2 Å². The number of carbonyl (C=O) groups is 6. The van der Waals surface area contributed by atoms with Crippen molar-refractivity contribution in [2.24, 2.45) is 0 Å². The SMILES string of the molecule is CCSc1c(OCC(=O)O)ccc(C(=O)Nc2sc(CC)cc2C(=O)c2ccc(OC)cc2)c1SCC.CCc1cc(C(=O)c2ccc(OC)cc2)c(NC(=O)CSc2cccc(C(=O)O)c2)s1. The number of aryl methyl sites for hydroxylation is 2. The Labute approximate surface area is 415 Å². The topological polar surface area (TPSA) is 195 Å². The van der Waals surface area contributed by atoms with E-state index >= 15 is 0 Å². The molecule has 356 valence electrons.